The van der Waals surface area contributed by atoms with Gasteiger partial charge in [-0.15, -0.1) is 23.5 Å². The number of hydrogen-bond donors (Lipinski definition) is 0. The van der Waals surface area contributed by atoms with Gasteiger partial charge in [-0.3, -0.25) is 14.7 Å². The zero-order valence-electron chi connectivity index (χ0n) is 16.8. The number of nitrogens with zero attached hydrogens (tertiary/aromatic N) is 3. The minimum Gasteiger partial charge on any atom is -0.284 e. The average molecular weight is 470 g/mol. The molecule has 0 aliphatic carbocycles. The van der Waals surface area contributed by atoms with Gasteiger partial charge in [0.1, 0.15) is 5.82 Å². The van der Waals surface area contributed by atoms with Gasteiger partial charge in [0.2, 0.25) is 5.91 Å². The number of hydrogen-bond acceptors (Lipinski definition) is 6. The van der Waals surface area contributed by atoms with Gasteiger partial charge >= 0.3 is 0 Å². The molecule has 8 heteroatoms. The molecule has 0 spiro atoms. The fraction of sp³-hybridized carbons (Fsp3) is 0.174. The maximum Gasteiger partial charge on any atom is 0.229 e. The summed E-state index contributed by atoms with van der Waals surface area (Å²) in [5, 5.41) is 0.689. The fourth-order valence-corrected chi connectivity index (χ4v) is 5.37. The van der Waals surface area contributed by atoms with E-state index in [1.807, 2.05) is 30.5 Å². The first-order valence-corrected chi connectivity index (χ1v) is 12.7. The lowest BCUT2D eigenvalue weighted by Crippen LogP contribution is -2.30. The normalized spacial score (nSPS) is 11.0. The monoisotopic (exact) mass is 469 g/mol. The Labute approximate surface area is 192 Å². The summed E-state index contributed by atoms with van der Waals surface area (Å²) in [5.41, 5.74) is 1.84. The van der Waals surface area contributed by atoms with Crippen LogP contribution in [-0.4, -0.2) is 27.9 Å². The first kappa shape index (κ1) is 21.8. The molecule has 0 radical (unpaired) electrons. The molecule has 4 rings (SSSR count). The van der Waals surface area contributed by atoms with Crippen LogP contribution in [-0.2, 0) is 11.3 Å². The van der Waals surface area contributed by atoms with Crippen LogP contribution in [0.1, 0.15) is 12.0 Å². The van der Waals surface area contributed by atoms with Gasteiger partial charge in [0.15, 0.2) is 5.13 Å². The lowest BCUT2D eigenvalue weighted by Gasteiger charge is -2.20. The molecule has 0 saturated carbocycles. The Kier molecular flexibility index (Phi) is 7.21. The highest BCUT2D eigenvalue weighted by molar-refractivity contribution is 7.99. The lowest BCUT2D eigenvalue weighted by atomic mass is 10.2. The van der Waals surface area contributed by atoms with Crippen LogP contribution in [0.25, 0.3) is 10.2 Å². The molecular weight excluding hydrogens is 449 g/mol. The molecule has 1 amide bonds. The summed E-state index contributed by atoms with van der Waals surface area (Å²) in [6.45, 7) is 0.420. The zero-order chi connectivity index (χ0) is 21.6. The number of aromatic nitrogens is 2. The van der Waals surface area contributed by atoms with Crippen LogP contribution < -0.4 is 4.90 Å². The first-order valence-electron chi connectivity index (χ1n) is 9.64. The van der Waals surface area contributed by atoms with Crippen molar-refractivity contribution >= 4 is 56.1 Å². The number of carbonyl (C=O) groups is 1. The number of pyridine rings is 1. The number of benzene rings is 2. The van der Waals surface area contributed by atoms with Crippen LogP contribution >= 0.6 is 34.9 Å². The Hall–Kier alpha value is -2.42. The Balaban J connectivity index is 1.53. The molecule has 2 aromatic heterocycles. The topological polar surface area (TPSA) is 46.1 Å². The summed E-state index contributed by atoms with van der Waals surface area (Å²) in [6.07, 6.45) is 5.89. The third-order valence-corrected chi connectivity index (χ3v) is 7.36. The van der Waals surface area contributed by atoms with Gasteiger partial charge in [-0.25, -0.2) is 9.37 Å². The molecule has 158 valence electrons. The maximum absolute atomic E-state index is 13.2. The smallest absolute Gasteiger partial charge is 0.229 e. The van der Waals surface area contributed by atoms with E-state index in [0.717, 1.165) is 20.7 Å². The summed E-state index contributed by atoms with van der Waals surface area (Å²) in [5.74, 6) is 0.348. The van der Waals surface area contributed by atoms with Crippen molar-refractivity contribution in [2.75, 3.05) is 16.9 Å². The molecule has 0 fully saturated rings. The van der Waals surface area contributed by atoms with Crippen LogP contribution in [0.5, 0.6) is 0 Å². The summed E-state index contributed by atoms with van der Waals surface area (Å²) in [7, 11) is 0. The first-order chi connectivity index (χ1) is 15.1. The number of thioether (sulfide) groups is 2. The number of halogens is 1. The molecule has 31 heavy (non-hydrogen) atoms. The van der Waals surface area contributed by atoms with E-state index >= 15 is 0 Å². The van der Waals surface area contributed by atoms with E-state index in [2.05, 4.69) is 11.1 Å². The van der Waals surface area contributed by atoms with Gasteiger partial charge in [0, 0.05) is 34.4 Å². The second kappa shape index (κ2) is 10.3. The minimum atomic E-state index is -0.261. The van der Waals surface area contributed by atoms with Gasteiger partial charge in [-0.05, 0) is 60.4 Å². The maximum atomic E-state index is 13.2. The van der Waals surface area contributed by atoms with Crippen molar-refractivity contribution in [3.8, 4) is 0 Å². The largest absolute Gasteiger partial charge is 0.284 e. The van der Waals surface area contributed by atoms with E-state index in [0.29, 0.717) is 23.8 Å². The Morgan fingerprint density at radius 3 is 2.68 bits per heavy atom. The van der Waals surface area contributed by atoms with Crippen LogP contribution in [0.4, 0.5) is 9.52 Å². The standard InChI is InChI=1S/C23H20FN3OS3/c1-29-19-8-9-20-21(13-19)31-23(26-20)27(15-16-3-2-11-25-14-16)22(28)10-12-30-18-6-4-17(24)5-7-18/h2-9,11,13-14H,10,12,15H2,1H3. The number of fused-ring (bicyclic) bond motifs is 1. The number of carbonyl (C=O) groups excluding carboxylic acids is 1. The molecule has 0 N–H and O–H groups in total. The molecule has 2 aromatic carbocycles. The number of amides is 1. The molecule has 0 unspecified atom stereocenters. The van der Waals surface area contributed by atoms with Gasteiger partial charge in [-0.2, -0.15) is 0 Å². The summed E-state index contributed by atoms with van der Waals surface area (Å²) in [6, 6.07) is 16.3. The van der Waals surface area contributed by atoms with Crippen LogP contribution in [0, 0.1) is 5.82 Å². The molecule has 2 heterocycles. The van der Waals surface area contributed by atoms with Crippen molar-refractivity contribution in [2.24, 2.45) is 0 Å². The van der Waals surface area contributed by atoms with Crippen molar-refractivity contribution in [3.63, 3.8) is 0 Å². The van der Waals surface area contributed by atoms with Gasteiger partial charge < -0.3 is 0 Å². The number of rotatable bonds is 8. The van der Waals surface area contributed by atoms with E-state index in [4.69, 9.17) is 4.98 Å². The third-order valence-electron chi connectivity index (χ3n) is 4.58. The zero-order valence-corrected chi connectivity index (χ0v) is 19.3. The van der Waals surface area contributed by atoms with Crippen LogP contribution in [0.3, 0.4) is 0 Å². The predicted octanol–water partition coefficient (Wildman–Crippen LogP) is 6.27. The molecule has 0 bridgehead atoms. The van der Waals surface area contributed by atoms with E-state index in [9.17, 15) is 9.18 Å². The molecule has 4 nitrogen and oxygen atoms in total. The van der Waals surface area contributed by atoms with Crippen LogP contribution in [0.2, 0.25) is 0 Å². The summed E-state index contributed by atoms with van der Waals surface area (Å²) >= 11 is 4.75. The van der Waals surface area contributed by atoms with Gasteiger partial charge in [-0.1, -0.05) is 17.4 Å². The Morgan fingerprint density at radius 2 is 1.94 bits per heavy atom. The molecule has 4 aromatic rings. The van der Waals surface area contributed by atoms with Crippen molar-refractivity contribution in [2.45, 2.75) is 22.8 Å². The second-order valence-corrected chi connectivity index (χ2v) is 9.78. The van der Waals surface area contributed by atoms with Crippen LogP contribution in [0.15, 0.2) is 76.8 Å². The molecular formula is C23H20FN3OS3. The molecule has 0 aliphatic rings. The minimum absolute atomic E-state index is 0.00242. The van der Waals surface area contributed by atoms with Crippen molar-refractivity contribution in [1.82, 2.24) is 9.97 Å². The van der Waals surface area contributed by atoms with Crippen molar-refractivity contribution < 1.29 is 9.18 Å². The van der Waals surface area contributed by atoms with Crippen molar-refractivity contribution in [1.29, 1.82) is 0 Å². The quantitative estimate of drug-likeness (QED) is 0.285. The third kappa shape index (κ3) is 5.64. The number of thiazole rings is 1. The molecule has 0 saturated heterocycles. The lowest BCUT2D eigenvalue weighted by molar-refractivity contribution is -0.118. The average Bonchev–Trinajstić information content (AvgIpc) is 3.22. The fourth-order valence-electron chi connectivity index (χ4n) is 2.99. The van der Waals surface area contributed by atoms with E-state index < -0.39 is 0 Å². The molecule has 0 atom stereocenters. The van der Waals surface area contributed by atoms with Gasteiger partial charge in [0.25, 0.3) is 0 Å². The SMILES string of the molecule is CSc1ccc2nc(N(Cc3cccnc3)C(=O)CCSc3ccc(F)cc3)sc2c1. The Morgan fingerprint density at radius 1 is 1.13 bits per heavy atom. The summed E-state index contributed by atoms with van der Waals surface area (Å²) < 4.78 is 14.2. The Bertz CT molecular complexity index is 1170. The second-order valence-electron chi connectivity index (χ2n) is 6.72. The van der Waals surface area contributed by atoms with E-state index in [1.165, 1.54) is 28.4 Å². The predicted molar refractivity (Wildman–Crippen MR) is 129 cm³/mol. The van der Waals surface area contributed by atoms with Gasteiger partial charge in [0.05, 0.1) is 16.8 Å². The highest BCUT2D eigenvalue weighted by Gasteiger charge is 2.20. The highest BCUT2D eigenvalue weighted by Crippen LogP contribution is 2.33. The summed E-state index contributed by atoms with van der Waals surface area (Å²) in [4.78, 5) is 25.9. The molecule has 0 aliphatic heterocycles. The van der Waals surface area contributed by atoms with E-state index in [-0.39, 0.29) is 11.7 Å². The van der Waals surface area contributed by atoms with Crippen molar-refractivity contribution in [3.05, 3.63) is 78.4 Å². The highest BCUT2D eigenvalue weighted by atomic mass is 32.2. The number of anilines is 1. The van der Waals surface area contributed by atoms with E-state index in [1.54, 1.807) is 53.0 Å².